The van der Waals surface area contributed by atoms with Crippen molar-refractivity contribution in [3.63, 3.8) is 0 Å². The molecule has 0 aliphatic carbocycles. The van der Waals surface area contributed by atoms with E-state index in [1.54, 1.807) is 26.3 Å². The van der Waals surface area contributed by atoms with Crippen molar-refractivity contribution in [1.29, 1.82) is 0 Å². The number of rotatable bonds is 6. The van der Waals surface area contributed by atoms with Gasteiger partial charge in [0, 0.05) is 18.9 Å². The van der Waals surface area contributed by atoms with Crippen LogP contribution in [0, 0.1) is 0 Å². The van der Waals surface area contributed by atoms with Crippen LogP contribution in [0.15, 0.2) is 81.1 Å². The largest absolute Gasteiger partial charge is 0.576 e. The summed E-state index contributed by atoms with van der Waals surface area (Å²) in [6, 6.07) is 19.3. The van der Waals surface area contributed by atoms with Gasteiger partial charge in [-0.2, -0.15) is 10.2 Å². The molecule has 0 aliphatic heterocycles. The number of halogens is 1. The third-order valence-corrected chi connectivity index (χ3v) is 8.94. The maximum atomic E-state index is 6.83. The number of hydrogen-bond donors (Lipinski definition) is 0. The van der Waals surface area contributed by atoms with Crippen molar-refractivity contribution in [1.82, 2.24) is 0 Å². The number of benzene rings is 2. The van der Waals surface area contributed by atoms with Gasteiger partial charge in [-0.25, -0.2) is 0 Å². The first-order valence-electron chi connectivity index (χ1n) is 9.52. The highest BCUT2D eigenvalue weighted by Crippen LogP contribution is 2.41. The lowest BCUT2D eigenvalue weighted by Crippen LogP contribution is -2.47. The quantitative estimate of drug-likeness (QED) is 0.183. The van der Waals surface area contributed by atoms with E-state index >= 15 is 0 Å². The lowest BCUT2D eigenvalue weighted by atomic mass is 10.2. The van der Waals surface area contributed by atoms with Crippen LogP contribution in [0.25, 0.3) is 0 Å². The van der Waals surface area contributed by atoms with E-state index in [0.717, 1.165) is 11.1 Å². The van der Waals surface area contributed by atoms with E-state index in [9.17, 15) is 0 Å². The molecule has 30 heavy (non-hydrogen) atoms. The minimum atomic E-state index is -3.27. The molecule has 2 rings (SSSR count). The van der Waals surface area contributed by atoms with Crippen molar-refractivity contribution in [3.8, 4) is 0 Å². The molecule has 0 heterocycles. The smallest absolute Gasteiger partial charge is 0.488 e. The zero-order chi connectivity index (χ0) is 22.0. The van der Waals surface area contributed by atoms with Crippen molar-refractivity contribution in [2.45, 2.75) is 39.7 Å². The molecule has 0 saturated heterocycles. The maximum Gasteiger partial charge on any atom is 0.576 e. The number of hydrogen-bond acceptors (Lipinski definition) is 6. The molecule has 0 aromatic heterocycles. The topological polar surface area (TPSA) is 67.9 Å². The molecule has 0 amide bonds. The van der Waals surface area contributed by atoms with Gasteiger partial charge in [0.1, 0.15) is 0 Å². The molecule has 158 valence electrons. The normalized spacial score (nSPS) is 15.4. The molecular weight excluding hydrogens is 416 g/mol. The second kappa shape index (κ2) is 10.8. The Kier molecular flexibility index (Phi) is 8.50. The lowest BCUT2D eigenvalue weighted by Gasteiger charge is -2.34. The van der Waals surface area contributed by atoms with Crippen LogP contribution >= 0.6 is 11.1 Å². The summed E-state index contributed by atoms with van der Waals surface area (Å²) in [5.74, 6) is 0.638. The highest BCUT2D eigenvalue weighted by atomic mass is 35.6. The fourth-order valence-corrected chi connectivity index (χ4v) is 4.35. The monoisotopic (exact) mass is 442 g/mol. The van der Waals surface area contributed by atoms with Gasteiger partial charge in [-0.3, -0.25) is 0 Å². The Morgan fingerprint density at radius 1 is 0.767 bits per heavy atom. The molecule has 0 unspecified atom stereocenters. The summed E-state index contributed by atoms with van der Waals surface area (Å²) in [5, 5.41) is 15.8. The SMILES string of the molecule is C/C(=N\N=C\c1ccccc1)O[Si](Cl)(O/C(C)=N/N=C/c1ccccc1)C(C)(C)C. The van der Waals surface area contributed by atoms with Crippen LogP contribution in [0.4, 0.5) is 0 Å². The minimum absolute atomic E-state index is 0.319. The second-order valence-corrected chi connectivity index (χ2v) is 12.0. The summed E-state index contributed by atoms with van der Waals surface area (Å²) >= 11 is 6.83. The van der Waals surface area contributed by atoms with Crippen molar-refractivity contribution in [3.05, 3.63) is 71.8 Å². The van der Waals surface area contributed by atoms with Gasteiger partial charge in [0.25, 0.3) is 0 Å². The first-order chi connectivity index (χ1) is 14.2. The summed E-state index contributed by atoms with van der Waals surface area (Å²) in [6.45, 7) is 9.25. The van der Waals surface area contributed by atoms with Crippen LogP contribution in [-0.2, 0) is 8.85 Å². The molecule has 0 atom stereocenters. The van der Waals surface area contributed by atoms with Gasteiger partial charge in [-0.15, -0.1) is 10.2 Å². The van der Waals surface area contributed by atoms with Crippen molar-refractivity contribution in [2.75, 3.05) is 0 Å². The maximum absolute atomic E-state index is 6.83. The zero-order valence-corrected chi connectivity index (χ0v) is 19.7. The van der Waals surface area contributed by atoms with E-state index < -0.39 is 12.9 Å². The van der Waals surface area contributed by atoms with E-state index in [0.29, 0.717) is 11.8 Å². The molecule has 0 N–H and O–H groups in total. The lowest BCUT2D eigenvalue weighted by molar-refractivity contribution is 0.349. The third-order valence-electron chi connectivity index (χ3n) is 3.86. The molecule has 8 heteroatoms. The van der Waals surface area contributed by atoms with Gasteiger partial charge in [0.15, 0.2) is 11.8 Å². The summed E-state index contributed by atoms with van der Waals surface area (Å²) < 4.78 is 11.9. The van der Waals surface area contributed by atoms with Crippen LogP contribution in [0.3, 0.4) is 0 Å². The Morgan fingerprint density at radius 2 is 1.13 bits per heavy atom. The standard InChI is InChI=1S/C22H27ClN4O2Si/c1-18(26-24-16-20-12-8-6-9-13-20)28-30(23,22(3,4)5)29-19(2)27-25-17-21-14-10-7-11-15-21/h6-17H,1-5H3/b24-16+,25-17+,26-18+,27-19+. The van der Waals surface area contributed by atoms with Gasteiger partial charge >= 0.3 is 7.87 Å². The molecule has 0 bridgehead atoms. The Morgan fingerprint density at radius 3 is 1.47 bits per heavy atom. The first-order valence-corrected chi connectivity index (χ1v) is 12.3. The van der Waals surface area contributed by atoms with E-state index in [1.165, 1.54) is 0 Å². The molecule has 0 spiro atoms. The number of nitrogens with zero attached hydrogens (tertiary/aromatic N) is 4. The van der Waals surface area contributed by atoms with E-state index in [-0.39, 0.29) is 0 Å². The summed E-state index contributed by atoms with van der Waals surface area (Å²) in [7, 11) is -3.27. The van der Waals surface area contributed by atoms with Gasteiger partial charge in [-0.05, 0) is 11.1 Å². The zero-order valence-electron chi connectivity index (χ0n) is 17.9. The van der Waals surface area contributed by atoms with E-state index in [2.05, 4.69) is 20.4 Å². The van der Waals surface area contributed by atoms with Gasteiger partial charge in [-0.1, -0.05) is 92.5 Å². The third kappa shape index (κ3) is 7.57. The molecule has 0 radical (unpaired) electrons. The van der Waals surface area contributed by atoms with E-state index in [1.807, 2.05) is 81.4 Å². The average molecular weight is 443 g/mol. The second-order valence-electron chi connectivity index (χ2n) is 7.54. The van der Waals surface area contributed by atoms with Crippen molar-refractivity contribution < 1.29 is 8.85 Å². The summed E-state index contributed by atoms with van der Waals surface area (Å²) in [5.41, 5.74) is 1.88. The van der Waals surface area contributed by atoms with Crippen LogP contribution in [0.1, 0.15) is 45.7 Å². The van der Waals surface area contributed by atoms with Crippen LogP contribution in [0.2, 0.25) is 5.04 Å². The van der Waals surface area contributed by atoms with Crippen molar-refractivity contribution >= 4 is 43.2 Å². The Labute approximate surface area is 184 Å². The predicted molar refractivity (Wildman–Crippen MR) is 128 cm³/mol. The Bertz CT molecular complexity index is 856. The van der Waals surface area contributed by atoms with Gasteiger partial charge in [0.2, 0.25) is 0 Å². The predicted octanol–water partition coefficient (Wildman–Crippen LogP) is 5.90. The summed E-state index contributed by atoms with van der Waals surface area (Å²) in [4.78, 5) is 0. The van der Waals surface area contributed by atoms with Gasteiger partial charge < -0.3 is 8.85 Å². The van der Waals surface area contributed by atoms with Crippen LogP contribution in [0.5, 0.6) is 0 Å². The molecule has 6 nitrogen and oxygen atoms in total. The molecule has 2 aromatic rings. The fourth-order valence-electron chi connectivity index (χ4n) is 2.18. The first kappa shape index (κ1) is 23.5. The summed E-state index contributed by atoms with van der Waals surface area (Å²) in [6.07, 6.45) is 3.29. The minimum Gasteiger partial charge on any atom is -0.488 e. The molecular formula is C22H27ClN4O2Si. The van der Waals surface area contributed by atoms with E-state index in [4.69, 9.17) is 19.9 Å². The highest BCUT2D eigenvalue weighted by molar-refractivity contribution is 7.15. The molecule has 0 aliphatic rings. The van der Waals surface area contributed by atoms with Crippen LogP contribution in [-0.4, -0.2) is 32.1 Å². The fraction of sp³-hybridized carbons (Fsp3) is 0.273. The average Bonchev–Trinajstić information content (AvgIpc) is 2.68. The Hall–Kier alpha value is -2.77. The molecule has 2 aromatic carbocycles. The van der Waals surface area contributed by atoms with Gasteiger partial charge in [0.05, 0.1) is 12.4 Å². The molecule has 0 saturated carbocycles. The molecule has 0 fully saturated rings. The highest BCUT2D eigenvalue weighted by Gasteiger charge is 2.54. The van der Waals surface area contributed by atoms with Crippen molar-refractivity contribution in [2.24, 2.45) is 20.4 Å². The Balaban J connectivity index is 2.08. The van der Waals surface area contributed by atoms with Crippen LogP contribution < -0.4 is 0 Å².